The molecular weight excluding hydrogens is 250 g/mol. The number of benzene rings is 2. The molecule has 0 radical (unpaired) electrons. The summed E-state index contributed by atoms with van der Waals surface area (Å²) in [5.74, 6) is 0.830. The van der Waals surface area contributed by atoms with Gasteiger partial charge in [0.25, 0.3) is 0 Å². The van der Waals surface area contributed by atoms with E-state index in [1.807, 2.05) is 42.5 Å². The highest BCUT2D eigenvalue weighted by molar-refractivity contribution is 6.04. The van der Waals surface area contributed by atoms with Gasteiger partial charge in [-0.3, -0.25) is 4.79 Å². The minimum Gasteiger partial charge on any atom is -0.497 e. The third kappa shape index (κ3) is 3.99. The zero-order valence-electron chi connectivity index (χ0n) is 11.4. The van der Waals surface area contributed by atoms with Gasteiger partial charge in [-0.05, 0) is 17.7 Å². The van der Waals surface area contributed by atoms with Crippen molar-refractivity contribution in [3.63, 3.8) is 0 Å². The summed E-state index contributed by atoms with van der Waals surface area (Å²) in [6.45, 7) is 0.669. The maximum absolute atomic E-state index is 11.8. The molecule has 0 fully saturated rings. The highest BCUT2D eigenvalue weighted by atomic mass is 16.5. The Morgan fingerprint density at radius 2 is 1.80 bits per heavy atom. The summed E-state index contributed by atoms with van der Waals surface area (Å²) < 4.78 is 5.10. The van der Waals surface area contributed by atoms with Crippen molar-refractivity contribution >= 4 is 5.78 Å². The van der Waals surface area contributed by atoms with E-state index in [1.165, 1.54) is 0 Å². The molecule has 2 aromatic carbocycles. The maximum atomic E-state index is 11.8. The van der Waals surface area contributed by atoms with E-state index in [0.29, 0.717) is 12.1 Å². The Hall–Kier alpha value is -2.55. The molecule has 3 nitrogen and oxygen atoms in total. The zero-order chi connectivity index (χ0) is 14.2. The summed E-state index contributed by atoms with van der Waals surface area (Å²) in [4.78, 5) is 11.8. The number of hydrogen-bond donors (Lipinski definition) is 1. The Morgan fingerprint density at radius 1 is 1.10 bits per heavy atom. The molecule has 0 aromatic heterocycles. The summed E-state index contributed by atoms with van der Waals surface area (Å²) in [6.07, 6.45) is 3.22. The summed E-state index contributed by atoms with van der Waals surface area (Å²) in [6, 6.07) is 17.0. The van der Waals surface area contributed by atoms with Crippen molar-refractivity contribution in [2.24, 2.45) is 0 Å². The number of ether oxygens (including phenoxy) is 1. The van der Waals surface area contributed by atoms with Crippen molar-refractivity contribution in [1.29, 1.82) is 0 Å². The Balaban J connectivity index is 1.83. The molecule has 2 rings (SSSR count). The van der Waals surface area contributed by atoms with Crippen LogP contribution in [0.15, 0.2) is 66.9 Å². The summed E-state index contributed by atoms with van der Waals surface area (Å²) >= 11 is 0. The van der Waals surface area contributed by atoms with Gasteiger partial charge in [-0.15, -0.1) is 0 Å². The second-order valence-corrected chi connectivity index (χ2v) is 4.29. The molecule has 0 amide bonds. The third-order valence-corrected chi connectivity index (χ3v) is 2.88. The second-order valence-electron chi connectivity index (χ2n) is 4.29. The van der Waals surface area contributed by atoms with E-state index in [4.69, 9.17) is 4.74 Å². The van der Waals surface area contributed by atoms with Gasteiger partial charge in [0.1, 0.15) is 5.75 Å². The Bertz CT molecular complexity index is 574. The SMILES string of the molecule is COc1ccc(CNC=CC(=O)c2ccccc2)cc1. The normalized spacial score (nSPS) is 10.4. The quantitative estimate of drug-likeness (QED) is 0.645. The maximum Gasteiger partial charge on any atom is 0.187 e. The average Bonchev–Trinajstić information content (AvgIpc) is 2.53. The molecule has 0 aliphatic rings. The van der Waals surface area contributed by atoms with Crippen LogP contribution in [0.3, 0.4) is 0 Å². The first-order chi connectivity index (χ1) is 9.79. The molecule has 0 bridgehead atoms. The molecule has 20 heavy (non-hydrogen) atoms. The van der Waals surface area contributed by atoms with Crippen LogP contribution in [-0.4, -0.2) is 12.9 Å². The van der Waals surface area contributed by atoms with Crippen LogP contribution in [0.2, 0.25) is 0 Å². The first-order valence-electron chi connectivity index (χ1n) is 6.42. The number of ketones is 1. The number of allylic oxidation sites excluding steroid dienone is 1. The minimum absolute atomic E-state index is 0.00664. The summed E-state index contributed by atoms with van der Waals surface area (Å²) in [7, 11) is 1.64. The molecule has 0 saturated heterocycles. The van der Waals surface area contributed by atoms with Crippen molar-refractivity contribution < 1.29 is 9.53 Å². The van der Waals surface area contributed by atoms with Gasteiger partial charge in [0.2, 0.25) is 0 Å². The first-order valence-corrected chi connectivity index (χ1v) is 6.42. The van der Waals surface area contributed by atoms with Crippen LogP contribution in [0.1, 0.15) is 15.9 Å². The fraction of sp³-hybridized carbons (Fsp3) is 0.118. The van der Waals surface area contributed by atoms with Crippen LogP contribution in [0.25, 0.3) is 0 Å². The van der Waals surface area contributed by atoms with Crippen LogP contribution >= 0.6 is 0 Å². The van der Waals surface area contributed by atoms with Crippen LogP contribution in [0, 0.1) is 0 Å². The van der Waals surface area contributed by atoms with Crippen molar-refractivity contribution in [3.8, 4) is 5.75 Å². The Kier molecular flexibility index (Phi) is 4.95. The highest BCUT2D eigenvalue weighted by Crippen LogP contribution is 2.10. The van der Waals surface area contributed by atoms with Crippen molar-refractivity contribution in [2.45, 2.75) is 6.54 Å². The molecule has 102 valence electrons. The van der Waals surface area contributed by atoms with Gasteiger partial charge in [0.15, 0.2) is 5.78 Å². The molecule has 0 aliphatic heterocycles. The monoisotopic (exact) mass is 267 g/mol. The van der Waals surface area contributed by atoms with E-state index in [1.54, 1.807) is 31.5 Å². The van der Waals surface area contributed by atoms with E-state index in [9.17, 15) is 4.79 Å². The predicted molar refractivity (Wildman–Crippen MR) is 79.7 cm³/mol. The molecule has 1 N–H and O–H groups in total. The molecule has 0 heterocycles. The van der Waals surface area contributed by atoms with E-state index < -0.39 is 0 Å². The summed E-state index contributed by atoms with van der Waals surface area (Å²) in [5, 5.41) is 3.10. The highest BCUT2D eigenvalue weighted by Gasteiger charge is 1.98. The smallest absolute Gasteiger partial charge is 0.187 e. The lowest BCUT2D eigenvalue weighted by Crippen LogP contribution is -2.05. The fourth-order valence-electron chi connectivity index (χ4n) is 1.75. The van der Waals surface area contributed by atoms with E-state index >= 15 is 0 Å². The van der Waals surface area contributed by atoms with Crippen LogP contribution in [0.4, 0.5) is 0 Å². The van der Waals surface area contributed by atoms with Gasteiger partial charge < -0.3 is 10.1 Å². The number of nitrogens with one attached hydrogen (secondary N) is 1. The standard InChI is InChI=1S/C17H17NO2/c1-20-16-9-7-14(8-10-16)13-18-12-11-17(19)15-5-3-2-4-6-15/h2-12,18H,13H2,1H3. The van der Waals surface area contributed by atoms with Gasteiger partial charge in [-0.25, -0.2) is 0 Å². The van der Waals surface area contributed by atoms with E-state index in [0.717, 1.165) is 11.3 Å². The first kappa shape index (κ1) is 13.9. The molecule has 0 unspecified atom stereocenters. The molecule has 0 spiro atoms. The van der Waals surface area contributed by atoms with Gasteiger partial charge in [0, 0.05) is 24.4 Å². The predicted octanol–water partition coefficient (Wildman–Crippen LogP) is 3.18. The van der Waals surface area contributed by atoms with Gasteiger partial charge >= 0.3 is 0 Å². The lowest BCUT2D eigenvalue weighted by atomic mass is 10.1. The largest absolute Gasteiger partial charge is 0.497 e. The van der Waals surface area contributed by atoms with Crippen molar-refractivity contribution in [1.82, 2.24) is 5.32 Å². The van der Waals surface area contributed by atoms with Crippen molar-refractivity contribution in [3.05, 3.63) is 78.0 Å². The van der Waals surface area contributed by atoms with Gasteiger partial charge in [0.05, 0.1) is 7.11 Å². The third-order valence-electron chi connectivity index (χ3n) is 2.88. The Morgan fingerprint density at radius 3 is 2.45 bits per heavy atom. The van der Waals surface area contributed by atoms with E-state index in [-0.39, 0.29) is 5.78 Å². The molecule has 0 atom stereocenters. The number of hydrogen-bond acceptors (Lipinski definition) is 3. The lowest BCUT2D eigenvalue weighted by Gasteiger charge is -2.03. The van der Waals surface area contributed by atoms with Gasteiger partial charge in [-0.1, -0.05) is 42.5 Å². The molecule has 3 heteroatoms. The zero-order valence-corrected chi connectivity index (χ0v) is 11.4. The number of methoxy groups -OCH3 is 1. The average molecular weight is 267 g/mol. The molecule has 2 aromatic rings. The number of carbonyl (C=O) groups is 1. The number of carbonyl (C=O) groups excluding carboxylic acids is 1. The fourth-order valence-corrected chi connectivity index (χ4v) is 1.75. The molecule has 0 saturated carbocycles. The van der Waals surface area contributed by atoms with Crippen LogP contribution < -0.4 is 10.1 Å². The topological polar surface area (TPSA) is 38.3 Å². The molecule has 0 aliphatic carbocycles. The van der Waals surface area contributed by atoms with Crippen molar-refractivity contribution in [2.75, 3.05) is 7.11 Å². The Labute approximate surface area is 118 Å². The minimum atomic E-state index is -0.00664. The van der Waals surface area contributed by atoms with E-state index in [2.05, 4.69) is 5.32 Å². The summed E-state index contributed by atoms with van der Waals surface area (Å²) in [5.41, 5.74) is 1.82. The van der Waals surface area contributed by atoms with Crippen LogP contribution in [-0.2, 0) is 6.54 Å². The molecular formula is C17H17NO2. The second kappa shape index (κ2) is 7.14. The lowest BCUT2D eigenvalue weighted by molar-refractivity contribution is 0.104. The van der Waals surface area contributed by atoms with Crippen LogP contribution in [0.5, 0.6) is 5.75 Å². The number of rotatable bonds is 6. The van der Waals surface area contributed by atoms with Gasteiger partial charge in [-0.2, -0.15) is 0 Å².